The Morgan fingerprint density at radius 2 is 1.86 bits per heavy atom. The van der Waals surface area contributed by atoms with Gasteiger partial charge in [-0.25, -0.2) is 0 Å². The van der Waals surface area contributed by atoms with Gasteiger partial charge in [0.1, 0.15) is 18.3 Å². The highest BCUT2D eigenvalue weighted by Crippen LogP contribution is 2.50. The van der Waals surface area contributed by atoms with Crippen molar-refractivity contribution in [2.24, 2.45) is 0 Å². The Balaban J connectivity index is 1.34. The lowest BCUT2D eigenvalue weighted by molar-refractivity contribution is -0.135. The fraction of sp³-hybridized carbons (Fsp3) is 0.214. The summed E-state index contributed by atoms with van der Waals surface area (Å²) >= 11 is 6.17. The lowest BCUT2D eigenvalue weighted by atomic mass is 9.89. The van der Waals surface area contributed by atoms with Gasteiger partial charge in [-0.2, -0.15) is 0 Å². The van der Waals surface area contributed by atoms with Crippen molar-refractivity contribution in [3.63, 3.8) is 0 Å². The van der Waals surface area contributed by atoms with Crippen LogP contribution in [0.4, 0.5) is 0 Å². The number of amides is 2. The summed E-state index contributed by atoms with van der Waals surface area (Å²) < 4.78 is 11.6. The molecule has 35 heavy (non-hydrogen) atoms. The predicted octanol–water partition coefficient (Wildman–Crippen LogP) is 5.24. The van der Waals surface area contributed by atoms with Gasteiger partial charge < -0.3 is 19.3 Å². The zero-order valence-electron chi connectivity index (χ0n) is 18.9. The average molecular weight is 487 g/mol. The second kappa shape index (κ2) is 8.47. The third kappa shape index (κ3) is 3.40. The summed E-state index contributed by atoms with van der Waals surface area (Å²) in [5.41, 5.74) is 2.32. The summed E-state index contributed by atoms with van der Waals surface area (Å²) in [7, 11) is 0. The first-order chi connectivity index (χ1) is 17.1. The number of ether oxygens (including phenoxy) is 2. The number of fused-ring (bicyclic) bond motifs is 3. The van der Waals surface area contributed by atoms with Crippen molar-refractivity contribution in [1.82, 2.24) is 9.80 Å². The molecule has 0 spiro atoms. The van der Waals surface area contributed by atoms with Gasteiger partial charge in [0.15, 0.2) is 5.66 Å². The first-order valence-electron chi connectivity index (χ1n) is 11.7. The van der Waals surface area contributed by atoms with Gasteiger partial charge in [-0.05, 0) is 31.0 Å². The van der Waals surface area contributed by atoms with Crippen LogP contribution in [-0.2, 0) is 19.9 Å². The van der Waals surface area contributed by atoms with Gasteiger partial charge in [-0.1, -0.05) is 65.7 Å². The highest BCUT2D eigenvalue weighted by Gasteiger charge is 2.60. The number of benzene rings is 2. The minimum Gasteiger partial charge on any atom is -0.462 e. The van der Waals surface area contributed by atoms with E-state index in [2.05, 4.69) is 12.2 Å². The summed E-state index contributed by atoms with van der Waals surface area (Å²) in [4.78, 5) is 30.7. The van der Waals surface area contributed by atoms with Gasteiger partial charge in [0.05, 0.1) is 0 Å². The van der Waals surface area contributed by atoms with E-state index >= 15 is 0 Å². The molecule has 1 aliphatic carbocycles. The van der Waals surface area contributed by atoms with Crippen LogP contribution >= 0.6 is 11.6 Å². The predicted molar refractivity (Wildman–Crippen MR) is 131 cm³/mol. The zero-order chi connectivity index (χ0) is 24.0. The van der Waals surface area contributed by atoms with Crippen LogP contribution in [0.3, 0.4) is 0 Å². The van der Waals surface area contributed by atoms with E-state index in [-0.39, 0.29) is 17.6 Å². The Morgan fingerprint density at radius 3 is 2.60 bits per heavy atom. The zero-order valence-corrected chi connectivity index (χ0v) is 19.7. The summed E-state index contributed by atoms with van der Waals surface area (Å²) in [5.74, 6) is 0.290. The molecule has 0 saturated carbocycles. The fourth-order valence-corrected chi connectivity index (χ4v) is 5.51. The third-order valence-electron chi connectivity index (χ3n) is 6.95. The van der Waals surface area contributed by atoms with E-state index in [1.807, 2.05) is 36.4 Å². The molecule has 3 aliphatic heterocycles. The molecule has 3 heterocycles. The highest BCUT2D eigenvalue weighted by atomic mass is 35.5. The van der Waals surface area contributed by atoms with E-state index < -0.39 is 5.66 Å². The number of allylic oxidation sites excluding steroid dienone is 4. The van der Waals surface area contributed by atoms with Crippen molar-refractivity contribution in [3.8, 4) is 0 Å². The monoisotopic (exact) mass is 486 g/mol. The molecule has 4 aliphatic rings. The van der Waals surface area contributed by atoms with Gasteiger partial charge in [-0.15, -0.1) is 0 Å². The second-order valence-electron chi connectivity index (χ2n) is 8.91. The van der Waals surface area contributed by atoms with E-state index in [0.29, 0.717) is 35.9 Å². The van der Waals surface area contributed by atoms with Crippen LogP contribution < -0.4 is 0 Å². The third-order valence-corrected chi connectivity index (χ3v) is 7.20. The molecule has 6 rings (SSSR count). The smallest absolute Gasteiger partial charge is 0.295 e. The van der Waals surface area contributed by atoms with Crippen LogP contribution in [0.1, 0.15) is 40.7 Å². The molecule has 1 fully saturated rings. The number of halogens is 1. The largest absolute Gasteiger partial charge is 0.462 e. The molecule has 7 heteroatoms. The molecule has 1 saturated heterocycles. The van der Waals surface area contributed by atoms with Gasteiger partial charge in [0.25, 0.3) is 11.8 Å². The molecule has 0 N–H and O–H groups in total. The minimum absolute atomic E-state index is 0.0817. The molecule has 2 amide bonds. The number of carbonyl (C=O) groups is 2. The molecule has 1 unspecified atom stereocenters. The van der Waals surface area contributed by atoms with Crippen LogP contribution in [-0.4, -0.2) is 34.7 Å². The van der Waals surface area contributed by atoms with E-state index in [4.69, 9.17) is 21.1 Å². The number of rotatable bonds is 4. The summed E-state index contributed by atoms with van der Waals surface area (Å²) in [6, 6.07) is 14.7. The van der Waals surface area contributed by atoms with Crippen LogP contribution in [0.25, 0.3) is 0 Å². The van der Waals surface area contributed by atoms with Crippen molar-refractivity contribution < 1.29 is 19.1 Å². The highest BCUT2D eigenvalue weighted by molar-refractivity contribution is 6.30. The van der Waals surface area contributed by atoms with Gasteiger partial charge in [-0.3, -0.25) is 9.59 Å². The Hall–Kier alpha value is -3.77. The average Bonchev–Trinajstić information content (AvgIpc) is 3.40. The van der Waals surface area contributed by atoms with Crippen LogP contribution in [0, 0.1) is 0 Å². The van der Waals surface area contributed by atoms with Crippen LogP contribution in [0.2, 0.25) is 5.02 Å². The van der Waals surface area contributed by atoms with Crippen molar-refractivity contribution in [2.75, 3.05) is 13.1 Å². The lowest BCUT2D eigenvalue weighted by Gasteiger charge is -2.40. The normalized spacial score (nSPS) is 22.5. The molecule has 0 bridgehead atoms. The Morgan fingerprint density at radius 1 is 1.03 bits per heavy atom. The summed E-state index contributed by atoms with van der Waals surface area (Å²) in [5, 5.41) is 0.582. The Bertz CT molecular complexity index is 1340. The number of carbonyl (C=O) groups excluding carboxylic acids is 2. The van der Waals surface area contributed by atoms with Gasteiger partial charge in [0.2, 0.25) is 5.76 Å². The number of hydrogen-bond acceptors (Lipinski definition) is 4. The van der Waals surface area contributed by atoms with Crippen LogP contribution in [0.5, 0.6) is 0 Å². The molecular formula is C28H23ClN2O4. The molecule has 2 aromatic carbocycles. The van der Waals surface area contributed by atoms with E-state index in [0.717, 1.165) is 24.0 Å². The maximum absolute atomic E-state index is 13.8. The van der Waals surface area contributed by atoms with E-state index in [1.165, 1.54) is 18.1 Å². The van der Waals surface area contributed by atoms with Gasteiger partial charge in [0, 0.05) is 41.2 Å². The Kier molecular flexibility index (Phi) is 5.26. The quantitative estimate of drug-likeness (QED) is 0.593. The molecular weight excluding hydrogens is 464 g/mol. The molecule has 176 valence electrons. The Labute approximate surface area is 208 Å². The molecule has 6 nitrogen and oxygen atoms in total. The molecule has 1 atom stereocenters. The van der Waals surface area contributed by atoms with Crippen molar-refractivity contribution >= 4 is 23.4 Å². The first kappa shape index (κ1) is 21.7. The summed E-state index contributed by atoms with van der Waals surface area (Å²) in [6.07, 6.45) is 11.8. The van der Waals surface area contributed by atoms with Crippen LogP contribution in [0.15, 0.2) is 96.4 Å². The molecule has 2 aromatic rings. The molecule has 0 aromatic heterocycles. The topological polar surface area (TPSA) is 59.1 Å². The van der Waals surface area contributed by atoms with Crippen molar-refractivity contribution in [3.05, 3.63) is 118 Å². The van der Waals surface area contributed by atoms with E-state index in [1.54, 1.807) is 28.0 Å². The van der Waals surface area contributed by atoms with Crippen molar-refractivity contribution in [2.45, 2.75) is 24.9 Å². The maximum Gasteiger partial charge on any atom is 0.295 e. The van der Waals surface area contributed by atoms with Gasteiger partial charge >= 0.3 is 0 Å². The second-order valence-corrected chi connectivity index (χ2v) is 9.35. The molecule has 0 radical (unpaired) electrons. The lowest BCUT2D eigenvalue weighted by Crippen LogP contribution is -2.52. The maximum atomic E-state index is 13.8. The SMILES string of the molecule is O=C(C1=COC(CC2=CC=CCC2)=CO1)N1CCN2C(=O)c3ccccc3C12c1ccc(Cl)cc1. The standard InChI is InChI=1S/C28H23ClN2O4/c29-21-12-10-20(11-13-21)28-24-9-5-4-8-23(24)26(32)30(28)14-15-31(28)27(33)25-18-34-22(17-35-25)16-19-6-2-1-3-7-19/h1-2,4-6,8-13,17-18H,3,7,14-16H2. The van der Waals surface area contributed by atoms with E-state index in [9.17, 15) is 9.59 Å². The summed E-state index contributed by atoms with van der Waals surface area (Å²) in [6.45, 7) is 0.761. The van der Waals surface area contributed by atoms with Crippen molar-refractivity contribution in [1.29, 1.82) is 0 Å². The minimum atomic E-state index is -1.08. The number of hydrogen-bond donors (Lipinski definition) is 0. The first-order valence-corrected chi connectivity index (χ1v) is 12.0. The fourth-order valence-electron chi connectivity index (χ4n) is 5.38. The number of nitrogens with zero attached hydrogens (tertiary/aromatic N) is 2.